The van der Waals surface area contributed by atoms with Crippen molar-refractivity contribution in [2.75, 3.05) is 5.73 Å². The zero-order valence-electron chi connectivity index (χ0n) is 7.33. The van der Waals surface area contributed by atoms with Crippen LogP contribution in [0.4, 0.5) is 5.69 Å². The summed E-state index contributed by atoms with van der Waals surface area (Å²) in [5.41, 5.74) is 6.30. The Balaban J connectivity index is 3.57. The Labute approximate surface area is 75.0 Å². The van der Waals surface area contributed by atoms with Crippen LogP contribution in [0.15, 0.2) is 0 Å². The van der Waals surface area contributed by atoms with Gasteiger partial charge in [0.05, 0.1) is 11.3 Å². The van der Waals surface area contributed by atoms with Crippen molar-refractivity contribution in [1.29, 1.82) is 5.26 Å². The Morgan fingerprint density at radius 3 is 2.46 bits per heavy atom. The van der Waals surface area contributed by atoms with Gasteiger partial charge < -0.3 is 15.4 Å². The van der Waals surface area contributed by atoms with Crippen molar-refractivity contribution in [3.8, 4) is 6.07 Å². The molecule has 1 heterocycles. The van der Waals surface area contributed by atoms with E-state index in [-0.39, 0.29) is 16.9 Å². The average molecular weight is 179 g/mol. The fourth-order valence-corrected chi connectivity index (χ4v) is 1.23. The minimum atomic E-state index is -1.12. The minimum absolute atomic E-state index is 0.0333. The molecule has 0 aliphatic heterocycles. The first-order chi connectivity index (χ1) is 6.00. The molecule has 0 unspecified atom stereocenters. The van der Waals surface area contributed by atoms with Gasteiger partial charge in [-0.1, -0.05) is 0 Å². The number of carboxylic acid groups (broad SMARTS) is 1. The smallest absolute Gasteiger partial charge is 0.354 e. The van der Waals surface area contributed by atoms with Crippen LogP contribution in [0.1, 0.15) is 21.7 Å². The van der Waals surface area contributed by atoms with E-state index < -0.39 is 5.97 Å². The van der Waals surface area contributed by atoms with Gasteiger partial charge >= 0.3 is 5.97 Å². The van der Waals surface area contributed by atoms with Gasteiger partial charge in [0, 0.05) is 12.7 Å². The molecule has 0 fully saturated rings. The third kappa shape index (κ3) is 1.12. The predicted octanol–water partition coefficient (Wildman–Crippen LogP) is 0.486. The van der Waals surface area contributed by atoms with Crippen LogP contribution in [0.25, 0.3) is 0 Å². The molecule has 5 nitrogen and oxygen atoms in total. The van der Waals surface area contributed by atoms with Crippen LogP contribution >= 0.6 is 0 Å². The third-order valence-electron chi connectivity index (χ3n) is 2.04. The van der Waals surface area contributed by atoms with E-state index in [1.54, 1.807) is 14.0 Å². The Bertz CT molecular complexity index is 412. The van der Waals surface area contributed by atoms with Gasteiger partial charge in [0.15, 0.2) is 5.69 Å². The van der Waals surface area contributed by atoms with Crippen LogP contribution in [0.5, 0.6) is 0 Å². The highest BCUT2D eigenvalue weighted by Crippen LogP contribution is 2.22. The molecule has 0 amide bonds. The molecule has 0 aliphatic rings. The Kier molecular flexibility index (Phi) is 1.98. The second-order valence-electron chi connectivity index (χ2n) is 2.70. The first-order valence-corrected chi connectivity index (χ1v) is 3.58. The maximum absolute atomic E-state index is 10.7. The topological polar surface area (TPSA) is 92.0 Å². The number of nitrogen functional groups attached to an aromatic ring is 1. The molecule has 0 radical (unpaired) electrons. The Hall–Kier alpha value is -1.96. The Morgan fingerprint density at radius 1 is 1.69 bits per heavy atom. The van der Waals surface area contributed by atoms with Crippen LogP contribution < -0.4 is 5.73 Å². The molecule has 0 bridgehead atoms. The van der Waals surface area contributed by atoms with Gasteiger partial charge in [-0.05, 0) is 6.92 Å². The summed E-state index contributed by atoms with van der Waals surface area (Å²) < 4.78 is 1.40. The number of aromatic nitrogens is 1. The van der Waals surface area contributed by atoms with Gasteiger partial charge in [0.1, 0.15) is 6.07 Å². The maximum Gasteiger partial charge on any atom is 0.354 e. The van der Waals surface area contributed by atoms with E-state index in [0.29, 0.717) is 5.69 Å². The number of aromatic carboxylic acids is 1. The van der Waals surface area contributed by atoms with E-state index in [9.17, 15) is 4.79 Å². The van der Waals surface area contributed by atoms with Crippen LogP contribution in [0, 0.1) is 18.3 Å². The zero-order valence-corrected chi connectivity index (χ0v) is 7.33. The van der Waals surface area contributed by atoms with Gasteiger partial charge in [0.25, 0.3) is 0 Å². The number of nitrogens with two attached hydrogens (primary N) is 1. The van der Waals surface area contributed by atoms with Crippen molar-refractivity contribution in [3.05, 3.63) is 17.0 Å². The van der Waals surface area contributed by atoms with Crippen molar-refractivity contribution in [2.24, 2.45) is 7.05 Å². The lowest BCUT2D eigenvalue weighted by Gasteiger charge is -1.98. The van der Waals surface area contributed by atoms with Crippen LogP contribution in [-0.2, 0) is 7.05 Å². The average Bonchev–Trinajstić information content (AvgIpc) is 2.24. The van der Waals surface area contributed by atoms with E-state index in [0.717, 1.165) is 0 Å². The fraction of sp³-hybridized carbons (Fsp3) is 0.250. The lowest BCUT2D eigenvalue weighted by atomic mass is 10.2. The number of carbonyl (C=O) groups is 1. The fourth-order valence-electron chi connectivity index (χ4n) is 1.23. The normalized spacial score (nSPS) is 9.62. The summed E-state index contributed by atoms with van der Waals surface area (Å²) in [4.78, 5) is 10.7. The van der Waals surface area contributed by atoms with E-state index in [1.807, 2.05) is 6.07 Å². The van der Waals surface area contributed by atoms with Gasteiger partial charge in [-0.15, -0.1) is 0 Å². The summed E-state index contributed by atoms with van der Waals surface area (Å²) in [6.45, 7) is 1.65. The van der Waals surface area contributed by atoms with E-state index >= 15 is 0 Å². The summed E-state index contributed by atoms with van der Waals surface area (Å²) >= 11 is 0. The van der Waals surface area contributed by atoms with E-state index in [4.69, 9.17) is 16.1 Å². The summed E-state index contributed by atoms with van der Waals surface area (Å²) in [6, 6.07) is 1.87. The third-order valence-corrected chi connectivity index (χ3v) is 2.04. The minimum Gasteiger partial charge on any atom is -0.477 e. The SMILES string of the molecule is Cc1c(C#N)c(N)c(C(=O)O)n1C. The molecule has 5 heteroatoms. The molecular weight excluding hydrogens is 170 g/mol. The highest BCUT2D eigenvalue weighted by molar-refractivity contribution is 5.94. The standard InChI is InChI=1S/C8H9N3O2/c1-4-5(3-9)6(10)7(8(12)13)11(4)2/h10H2,1-2H3,(H,12,13). The second kappa shape index (κ2) is 2.83. The van der Waals surface area contributed by atoms with Crippen LogP contribution in [0.2, 0.25) is 0 Å². The summed E-state index contributed by atoms with van der Waals surface area (Å²) in [7, 11) is 1.57. The number of anilines is 1. The molecule has 1 rings (SSSR count). The zero-order chi connectivity index (χ0) is 10.2. The van der Waals surface area contributed by atoms with Crippen molar-refractivity contribution in [1.82, 2.24) is 4.57 Å². The number of rotatable bonds is 1. The lowest BCUT2D eigenvalue weighted by Crippen LogP contribution is -2.07. The molecule has 3 N–H and O–H groups in total. The monoisotopic (exact) mass is 179 g/mol. The van der Waals surface area contributed by atoms with Crippen molar-refractivity contribution in [2.45, 2.75) is 6.92 Å². The van der Waals surface area contributed by atoms with Crippen molar-refractivity contribution in [3.63, 3.8) is 0 Å². The number of hydrogen-bond acceptors (Lipinski definition) is 3. The molecule has 13 heavy (non-hydrogen) atoms. The molecule has 0 saturated carbocycles. The first-order valence-electron chi connectivity index (χ1n) is 3.58. The summed E-state index contributed by atoms with van der Waals surface area (Å²) in [5.74, 6) is -1.12. The molecule has 68 valence electrons. The number of nitriles is 1. The van der Waals surface area contributed by atoms with Crippen molar-refractivity contribution < 1.29 is 9.90 Å². The Morgan fingerprint density at radius 2 is 2.23 bits per heavy atom. The highest BCUT2D eigenvalue weighted by Gasteiger charge is 2.20. The van der Waals surface area contributed by atoms with Gasteiger partial charge in [-0.2, -0.15) is 5.26 Å². The number of hydrogen-bond donors (Lipinski definition) is 2. The van der Waals surface area contributed by atoms with Crippen LogP contribution in [0.3, 0.4) is 0 Å². The molecule has 0 aromatic carbocycles. The van der Waals surface area contributed by atoms with Crippen LogP contribution in [-0.4, -0.2) is 15.6 Å². The van der Waals surface area contributed by atoms with E-state index in [1.165, 1.54) is 4.57 Å². The van der Waals surface area contributed by atoms with Gasteiger partial charge in [-0.25, -0.2) is 4.79 Å². The molecule has 0 aliphatic carbocycles. The van der Waals surface area contributed by atoms with Gasteiger partial charge in [0.2, 0.25) is 0 Å². The number of carboxylic acids is 1. The van der Waals surface area contributed by atoms with E-state index in [2.05, 4.69) is 0 Å². The molecule has 0 spiro atoms. The second-order valence-corrected chi connectivity index (χ2v) is 2.70. The largest absolute Gasteiger partial charge is 0.477 e. The predicted molar refractivity (Wildman–Crippen MR) is 46.2 cm³/mol. The van der Waals surface area contributed by atoms with Gasteiger partial charge in [-0.3, -0.25) is 0 Å². The molecule has 1 aromatic rings. The highest BCUT2D eigenvalue weighted by atomic mass is 16.4. The summed E-state index contributed by atoms with van der Waals surface area (Å²) in [5, 5.41) is 17.5. The molecular formula is C8H9N3O2. The quantitative estimate of drug-likeness (QED) is 0.656. The summed E-state index contributed by atoms with van der Waals surface area (Å²) in [6.07, 6.45) is 0. The molecule has 0 atom stereocenters. The van der Waals surface area contributed by atoms with Crippen molar-refractivity contribution >= 4 is 11.7 Å². The number of nitrogens with zero attached hydrogens (tertiary/aromatic N) is 2. The lowest BCUT2D eigenvalue weighted by molar-refractivity contribution is 0.0687. The maximum atomic E-state index is 10.7. The molecule has 0 saturated heterocycles. The first kappa shape index (κ1) is 9.13. The molecule has 1 aromatic heterocycles.